The molecule has 128 valence electrons. The van der Waals surface area contributed by atoms with Crippen molar-refractivity contribution in [3.8, 4) is 0 Å². The molecule has 1 N–H and O–H groups in total. The van der Waals surface area contributed by atoms with Gasteiger partial charge in [0.15, 0.2) is 5.78 Å². The van der Waals surface area contributed by atoms with Gasteiger partial charge in [0, 0.05) is 13.0 Å². The number of allylic oxidation sites excluding steroid dienone is 2. The molecule has 1 rings (SSSR count). The summed E-state index contributed by atoms with van der Waals surface area (Å²) in [5.41, 5.74) is 1.40. The van der Waals surface area contributed by atoms with Gasteiger partial charge in [0.1, 0.15) is 0 Å². The van der Waals surface area contributed by atoms with Crippen molar-refractivity contribution in [1.82, 2.24) is 0 Å². The van der Waals surface area contributed by atoms with E-state index in [1.807, 2.05) is 6.08 Å². The second-order valence-electron chi connectivity index (χ2n) is 6.99. The Labute approximate surface area is 137 Å². The quantitative estimate of drug-likeness (QED) is 0.451. The van der Waals surface area contributed by atoms with Crippen LogP contribution in [0.1, 0.15) is 96.8 Å². The van der Waals surface area contributed by atoms with E-state index in [1.54, 1.807) is 0 Å². The smallest absolute Gasteiger partial charge is 0.155 e. The molecule has 0 aromatic carbocycles. The minimum Gasteiger partial charge on any atom is -0.396 e. The summed E-state index contributed by atoms with van der Waals surface area (Å²) >= 11 is 0. The van der Waals surface area contributed by atoms with Crippen LogP contribution >= 0.6 is 0 Å². The van der Waals surface area contributed by atoms with Crippen LogP contribution in [0.25, 0.3) is 0 Å². The van der Waals surface area contributed by atoms with Gasteiger partial charge in [-0.1, -0.05) is 70.3 Å². The van der Waals surface area contributed by atoms with Crippen LogP contribution in [-0.4, -0.2) is 17.5 Å². The summed E-state index contributed by atoms with van der Waals surface area (Å²) in [6.07, 6.45) is 19.0. The Balaban J connectivity index is 1.86. The second kappa shape index (κ2) is 12.9. The largest absolute Gasteiger partial charge is 0.396 e. The minimum atomic E-state index is 0.340. The van der Waals surface area contributed by atoms with E-state index in [1.165, 1.54) is 69.8 Å². The number of carbonyl (C=O) groups excluding carboxylic acids is 1. The molecule has 0 radical (unpaired) electrons. The molecule has 0 saturated heterocycles. The monoisotopic (exact) mass is 308 g/mol. The zero-order chi connectivity index (χ0) is 16.0. The second-order valence-corrected chi connectivity index (χ2v) is 6.99. The van der Waals surface area contributed by atoms with Crippen molar-refractivity contribution in [2.24, 2.45) is 5.92 Å². The molecule has 0 aromatic heterocycles. The standard InChI is InChI=1S/C20H36O2/c1-18-14-15-20(22)17-19(18)13-11-9-7-5-3-2-4-6-8-10-12-16-21/h17-18,21H,2-16H2,1H3. The molecule has 2 nitrogen and oxygen atoms in total. The van der Waals surface area contributed by atoms with Crippen LogP contribution in [-0.2, 0) is 4.79 Å². The summed E-state index contributed by atoms with van der Waals surface area (Å²) in [7, 11) is 0. The third-order valence-electron chi connectivity index (χ3n) is 4.93. The fourth-order valence-corrected chi connectivity index (χ4v) is 3.32. The average molecular weight is 309 g/mol. The Morgan fingerprint density at radius 1 is 0.909 bits per heavy atom. The Bertz CT molecular complexity index is 320. The first-order valence-electron chi connectivity index (χ1n) is 9.58. The fraction of sp³-hybridized carbons (Fsp3) is 0.850. The van der Waals surface area contributed by atoms with E-state index in [0.29, 0.717) is 18.3 Å². The number of hydrogen-bond donors (Lipinski definition) is 1. The molecule has 0 spiro atoms. The van der Waals surface area contributed by atoms with Crippen molar-refractivity contribution in [2.75, 3.05) is 6.61 Å². The Morgan fingerprint density at radius 3 is 1.95 bits per heavy atom. The van der Waals surface area contributed by atoms with E-state index in [0.717, 1.165) is 25.7 Å². The fourth-order valence-electron chi connectivity index (χ4n) is 3.32. The molecular formula is C20H36O2. The minimum absolute atomic E-state index is 0.340. The van der Waals surface area contributed by atoms with Gasteiger partial charge in [-0.3, -0.25) is 4.79 Å². The van der Waals surface area contributed by atoms with E-state index < -0.39 is 0 Å². The van der Waals surface area contributed by atoms with E-state index in [4.69, 9.17) is 5.11 Å². The zero-order valence-electron chi connectivity index (χ0n) is 14.6. The number of hydrogen-bond acceptors (Lipinski definition) is 2. The van der Waals surface area contributed by atoms with Crippen LogP contribution in [0, 0.1) is 5.92 Å². The number of aliphatic hydroxyl groups is 1. The molecular weight excluding hydrogens is 272 g/mol. The molecule has 1 unspecified atom stereocenters. The molecule has 1 aliphatic carbocycles. The van der Waals surface area contributed by atoms with Crippen LogP contribution in [0.5, 0.6) is 0 Å². The molecule has 1 atom stereocenters. The van der Waals surface area contributed by atoms with Crippen molar-refractivity contribution in [2.45, 2.75) is 96.8 Å². The highest BCUT2D eigenvalue weighted by atomic mass is 16.2. The maximum Gasteiger partial charge on any atom is 0.155 e. The van der Waals surface area contributed by atoms with Crippen molar-refractivity contribution in [3.63, 3.8) is 0 Å². The van der Waals surface area contributed by atoms with E-state index >= 15 is 0 Å². The highest BCUT2D eigenvalue weighted by Gasteiger charge is 2.16. The van der Waals surface area contributed by atoms with Gasteiger partial charge in [0.2, 0.25) is 0 Å². The zero-order valence-corrected chi connectivity index (χ0v) is 14.6. The van der Waals surface area contributed by atoms with Gasteiger partial charge < -0.3 is 5.11 Å². The van der Waals surface area contributed by atoms with Crippen molar-refractivity contribution in [3.05, 3.63) is 11.6 Å². The first-order valence-corrected chi connectivity index (χ1v) is 9.58. The van der Waals surface area contributed by atoms with Crippen LogP contribution in [0.4, 0.5) is 0 Å². The van der Waals surface area contributed by atoms with Gasteiger partial charge >= 0.3 is 0 Å². The highest BCUT2D eigenvalue weighted by Crippen LogP contribution is 2.26. The normalized spacial score (nSPS) is 18.5. The van der Waals surface area contributed by atoms with E-state index in [9.17, 15) is 4.79 Å². The van der Waals surface area contributed by atoms with E-state index in [2.05, 4.69) is 6.92 Å². The maximum absolute atomic E-state index is 11.4. The molecule has 0 fully saturated rings. The lowest BCUT2D eigenvalue weighted by atomic mass is 9.85. The van der Waals surface area contributed by atoms with Gasteiger partial charge in [-0.15, -0.1) is 0 Å². The highest BCUT2D eigenvalue weighted by molar-refractivity contribution is 5.91. The third kappa shape index (κ3) is 9.40. The van der Waals surface area contributed by atoms with Gasteiger partial charge in [0.25, 0.3) is 0 Å². The van der Waals surface area contributed by atoms with Gasteiger partial charge in [-0.25, -0.2) is 0 Å². The summed E-state index contributed by atoms with van der Waals surface area (Å²) in [4.78, 5) is 11.4. The van der Waals surface area contributed by atoms with Gasteiger partial charge in [-0.2, -0.15) is 0 Å². The summed E-state index contributed by atoms with van der Waals surface area (Å²) in [5, 5.41) is 8.70. The van der Waals surface area contributed by atoms with Gasteiger partial charge in [0.05, 0.1) is 0 Å². The Kier molecular flexibility index (Phi) is 11.4. The molecule has 1 aliphatic rings. The van der Waals surface area contributed by atoms with Crippen molar-refractivity contribution in [1.29, 1.82) is 0 Å². The Morgan fingerprint density at radius 2 is 1.41 bits per heavy atom. The first kappa shape index (κ1) is 19.4. The molecule has 0 bridgehead atoms. The predicted molar refractivity (Wildman–Crippen MR) is 94.0 cm³/mol. The molecule has 2 heteroatoms. The van der Waals surface area contributed by atoms with E-state index in [-0.39, 0.29) is 0 Å². The van der Waals surface area contributed by atoms with Crippen molar-refractivity contribution >= 4 is 5.78 Å². The summed E-state index contributed by atoms with van der Waals surface area (Å²) in [6, 6.07) is 0. The number of aliphatic hydroxyl groups excluding tert-OH is 1. The lowest BCUT2D eigenvalue weighted by Gasteiger charge is -2.19. The molecule has 22 heavy (non-hydrogen) atoms. The molecule has 0 aliphatic heterocycles. The van der Waals surface area contributed by atoms with Crippen LogP contribution < -0.4 is 0 Å². The lowest BCUT2D eigenvalue weighted by Crippen LogP contribution is -2.11. The molecule has 0 aromatic rings. The summed E-state index contributed by atoms with van der Waals surface area (Å²) in [5.74, 6) is 0.968. The van der Waals surface area contributed by atoms with Crippen LogP contribution in [0.2, 0.25) is 0 Å². The molecule has 0 heterocycles. The Hall–Kier alpha value is -0.630. The van der Waals surface area contributed by atoms with Crippen LogP contribution in [0.15, 0.2) is 11.6 Å². The maximum atomic E-state index is 11.4. The topological polar surface area (TPSA) is 37.3 Å². The van der Waals surface area contributed by atoms with Gasteiger partial charge in [-0.05, 0) is 37.7 Å². The number of unbranched alkanes of at least 4 members (excludes halogenated alkanes) is 10. The SMILES string of the molecule is CC1CCC(=O)C=C1CCCCCCCCCCCCCO. The number of carbonyl (C=O) groups is 1. The first-order chi connectivity index (χ1) is 10.7. The number of ketones is 1. The molecule has 0 saturated carbocycles. The average Bonchev–Trinajstić information content (AvgIpc) is 2.51. The number of rotatable bonds is 13. The lowest BCUT2D eigenvalue weighted by molar-refractivity contribution is -0.115. The third-order valence-corrected chi connectivity index (χ3v) is 4.93. The summed E-state index contributed by atoms with van der Waals surface area (Å²) < 4.78 is 0. The molecule has 0 amide bonds. The van der Waals surface area contributed by atoms with Crippen LogP contribution in [0.3, 0.4) is 0 Å². The van der Waals surface area contributed by atoms with Crippen molar-refractivity contribution < 1.29 is 9.90 Å². The predicted octanol–water partition coefficient (Wildman–Crippen LogP) is 5.59. The summed E-state index contributed by atoms with van der Waals surface area (Å²) in [6.45, 7) is 2.61.